The van der Waals surface area contributed by atoms with Gasteiger partial charge in [0.25, 0.3) is 0 Å². The highest BCUT2D eigenvalue weighted by molar-refractivity contribution is 8.00. The molecular formula is C29H25N3O2S3. The second-order valence-corrected chi connectivity index (χ2v) is 11.2. The van der Waals surface area contributed by atoms with Gasteiger partial charge >= 0.3 is 0 Å². The smallest absolute Gasteiger partial charge is 0.244 e. The first-order valence-corrected chi connectivity index (χ1v) is 13.8. The van der Waals surface area contributed by atoms with Crippen LogP contribution < -0.4 is 20.3 Å². The summed E-state index contributed by atoms with van der Waals surface area (Å²) in [5.74, 6) is 0.750. The van der Waals surface area contributed by atoms with Gasteiger partial charge < -0.3 is 15.4 Å². The van der Waals surface area contributed by atoms with Crippen LogP contribution in [0.1, 0.15) is 6.92 Å². The van der Waals surface area contributed by atoms with Crippen molar-refractivity contribution in [3.63, 3.8) is 0 Å². The molecule has 4 aromatic rings. The first-order valence-electron chi connectivity index (χ1n) is 11.7. The van der Waals surface area contributed by atoms with E-state index in [-0.39, 0.29) is 11.2 Å². The monoisotopic (exact) mass is 543 g/mol. The van der Waals surface area contributed by atoms with Gasteiger partial charge in [-0.1, -0.05) is 54.2 Å². The Kier molecular flexibility index (Phi) is 7.69. The Morgan fingerprint density at radius 2 is 1.54 bits per heavy atom. The third-order valence-electron chi connectivity index (χ3n) is 5.76. The molecule has 0 aliphatic carbocycles. The molecule has 8 heteroatoms. The molecule has 2 N–H and O–H groups in total. The van der Waals surface area contributed by atoms with E-state index in [1.165, 1.54) is 11.8 Å². The van der Waals surface area contributed by atoms with Crippen molar-refractivity contribution in [3.8, 4) is 5.75 Å². The minimum absolute atomic E-state index is 0.0388. The van der Waals surface area contributed by atoms with Crippen LogP contribution >= 0.6 is 35.7 Å². The van der Waals surface area contributed by atoms with Gasteiger partial charge in [-0.3, -0.25) is 9.69 Å². The van der Waals surface area contributed by atoms with Crippen molar-refractivity contribution < 1.29 is 9.53 Å². The summed E-state index contributed by atoms with van der Waals surface area (Å²) in [6.07, 6.45) is 0. The van der Waals surface area contributed by atoms with Crippen molar-refractivity contribution in [2.75, 3.05) is 22.6 Å². The highest BCUT2D eigenvalue weighted by Gasteiger charge is 2.31. The van der Waals surface area contributed by atoms with Crippen LogP contribution in [0.15, 0.2) is 112 Å². The minimum atomic E-state index is -0.307. The van der Waals surface area contributed by atoms with E-state index in [9.17, 15) is 4.79 Å². The lowest BCUT2D eigenvalue weighted by molar-refractivity contribution is -0.117. The number of fused-ring (bicyclic) bond motifs is 2. The van der Waals surface area contributed by atoms with Crippen LogP contribution in [-0.4, -0.2) is 23.4 Å². The molecule has 0 aromatic heterocycles. The molecule has 0 radical (unpaired) electrons. The highest BCUT2D eigenvalue weighted by Crippen LogP contribution is 2.48. The van der Waals surface area contributed by atoms with Gasteiger partial charge in [-0.05, 0) is 73.7 Å². The number of carbonyl (C=O) groups excluding carboxylic acids is 1. The number of anilines is 4. The summed E-state index contributed by atoms with van der Waals surface area (Å²) in [6.45, 7) is 1.95. The highest BCUT2D eigenvalue weighted by atomic mass is 32.2. The topological polar surface area (TPSA) is 53.6 Å². The third-order valence-corrected chi connectivity index (χ3v) is 8.18. The molecule has 1 amide bonds. The number of thiocarbonyl (C=S) groups is 1. The number of methoxy groups -OCH3 is 1. The van der Waals surface area contributed by atoms with E-state index in [1.807, 2.05) is 96.8 Å². The Morgan fingerprint density at radius 3 is 2.24 bits per heavy atom. The standard InChI is InChI=1S/C29H25N3O2S3/c1-19(28(33)32-23-13-4-7-16-26(23)37-27-17-8-5-14-24(27)32)36-21-11-9-10-20(18-21)30-29(35)31-22-12-3-6-15-25(22)34-2/h3-19H,1-2H3,(H2,30,31,35). The fourth-order valence-electron chi connectivity index (χ4n) is 4.06. The summed E-state index contributed by atoms with van der Waals surface area (Å²) in [4.78, 5) is 18.8. The third kappa shape index (κ3) is 5.61. The molecule has 5 nitrogen and oxygen atoms in total. The van der Waals surface area contributed by atoms with Crippen molar-refractivity contribution in [3.05, 3.63) is 97.1 Å². The number of ether oxygens (including phenoxy) is 1. The number of nitrogens with zero attached hydrogens (tertiary/aromatic N) is 1. The molecule has 0 bridgehead atoms. The predicted molar refractivity (Wildman–Crippen MR) is 159 cm³/mol. The first kappa shape index (κ1) is 25.2. The van der Waals surface area contributed by atoms with Crippen molar-refractivity contribution >= 4 is 69.5 Å². The van der Waals surface area contributed by atoms with Gasteiger partial charge in [0.2, 0.25) is 5.91 Å². The van der Waals surface area contributed by atoms with Crippen LogP contribution in [0.4, 0.5) is 22.7 Å². The predicted octanol–water partition coefficient (Wildman–Crippen LogP) is 7.81. The molecule has 1 unspecified atom stereocenters. The second-order valence-electron chi connectivity index (χ2n) is 8.28. The summed E-state index contributed by atoms with van der Waals surface area (Å²) in [5.41, 5.74) is 3.47. The zero-order chi connectivity index (χ0) is 25.8. The summed E-state index contributed by atoms with van der Waals surface area (Å²) in [7, 11) is 1.63. The van der Waals surface area contributed by atoms with E-state index in [2.05, 4.69) is 22.8 Å². The average Bonchev–Trinajstić information content (AvgIpc) is 2.91. The number of thioether (sulfide) groups is 1. The lowest BCUT2D eigenvalue weighted by atomic mass is 10.2. The maximum absolute atomic E-state index is 13.8. The average molecular weight is 544 g/mol. The van der Waals surface area contributed by atoms with E-state index in [4.69, 9.17) is 17.0 Å². The molecule has 0 saturated heterocycles. The number of benzene rings is 4. The summed E-state index contributed by atoms with van der Waals surface area (Å²) in [6, 6.07) is 31.6. The fraction of sp³-hybridized carbons (Fsp3) is 0.103. The van der Waals surface area contributed by atoms with E-state index in [0.29, 0.717) is 10.9 Å². The molecule has 0 fully saturated rings. The van der Waals surface area contributed by atoms with Gasteiger partial charge in [0.05, 0.1) is 29.4 Å². The van der Waals surface area contributed by atoms with E-state index >= 15 is 0 Å². The van der Waals surface area contributed by atoms with Crippen LogP contribution in [0.5, 0.6) is 5.75 Å². The van der Waals surface area contributed by atoms with E-state index in [1.54, 1.807) is 18.9 Å². The lowest BCUT2D eigenvalue weighted by Crippen LogP contribution is -2.34. The molecule has 1 aliphatic rings. The number of hydrogen-bond donors (Lipinski definition) is 2. The summed E-state index contributed by atoms with van der Waals surface area (Å²) < 4.78 is 5.39. The van der Waals surface area contributed by atoms with Crippen molar-refractivity contribution in [2.45, 2.75) is 26.9 Å². The quantitative estimate of drug-likeness (QED) is 0.190. The van der Waals surface area contributed by atoms with Gasteiger partial charge in [-0.2, -0.15) is 0 Å². The van der Waals surface area contributed by atoms with Crippen molar-refractivity contribution in [2.24, 2.45) is 0 Å². The molecule has 5 rings (SSSR count). The number of para-hydroxylation sites is 4. The molecule has 1 atom stereocenters. The van der Waals surface area contributed by atoms with Gasteiger partial charge in [-0.15, -0.1) is 11.8 Å². The van der Waals surface area contributed by atoms with Gasteiger partial charge in [0.15, 0.2) is 5.11 Å². The largest absolute Gasteiger partial charge is 0.495 e. The zero-order valence-electron chi connectivity index (χ0n) is 20.3. The first-order chi connectivity index (χ1) is 18.0. The molecule has 0 spiro atoms. The normalized spacial score (nSPS) is 12.6. The minimum Gasteiger partial charge on any atom is -0.495 e. The maximum atomic E-state index is 13.8. The maximum Gasteiger partial charge on any atom is 0.244 e. The van der Waals surface area contributed by atoms with Crippen LogP contribution in [0.25, 0.3) is 0 Å². The summed E-state index contributed by atoms with van der Waals surface area (Å²) in [5, 5.41) is 6.55. The molecule has 37 heavy (non-hydrogen) atoms. The van der Waals surface area contributed by atoms with Crippen molar-refractivity contribution in [1.82, 2.24) is 0 Å². The summed E-state index contributed by atoms with van der Waals surface area (Å²) >= 11 is 8.73. The molecule has 0 saturated carbocycles. The van der Waals surface area contributed by atoms with Crippen LogP contribution in [-0.2, 0) is 4.79 Å². The van der Waals surface area contributed by atoms with Crippen LogP contribution in [0, 0.1) is 0 Å². The molecule has 4 aromatic carbocycles. The van der Waals surface area contributed by atoms with Gasteiger partial charge in [0, 0.05) is 20.4 Å². The molecule has 1 aliphatic heterocycles. The number of carbonyl (C=O) groups is 1. The number of rotatable bonds is 6. The Labute approximate surface area is 230 Å². The second kappa shape index (κ2) is 11.3. The van der Waals surface area contributed by atoms with Gasteiger partial charge in [-0.25, -0.2) is 0 Å². The lowest BCUT2D eigenvalue weighted by Gasteiger charge is -2.32. The van der Waals surface area contributed by atoms with Crippen LogP contribution in [0.3, 0.4) is 0 Å². The SMILES string of the molecule is COc1ccccc1NC(=S)Nc1cccc(SC(C)C(=O)N2c3ccccc3Sc3ccccc32)c1. The Hall–Kier alpha value is -3.46. The molecule has 186 valence electrons. The van der Waals surface area contributed by atoms with E-state index in [0.717, 1.165) is 37.4 Å². The number of nitrogens with one attached hydrogen (secondary N) is 2. The van der Waals surface area contributed by atoms with Gasteiger partial charge in [0.1, 0.15) is 5.75 Å². The molecule has 1 heterocycles. The fourth-order valence-corrected chi connectivity index (χ4v) is 6.31. The Morgan fingerprint density at radius 1 is 0.892 bits per heavy atom. The number of hydrogen-bond acceptors (Lipinski definition) is 5. The van der Waals surface area contributed by atoms with Crippen molar-refractivity contribution in [1.29, 1.82) is 0 Å². The van der Waals surface area contributed by atoms with E-state index < -0.39 is 0 Å². The van der Waals surface area contributed by atoms with Crippen LogP contribution in [0.2, 0.25) is 0 Å². The number of amides is 1. The zero-order valence-corrected chi connectivity index (χ0v) is 22.8. The Bertz CT molecular complexity index is 1410. The Balaban J connectivity index is 1.30. The molecular weight excluding hydrogens is 519 g/mol.